The maximum absolute atomic E-state index is 14.5. The Kier molecular flexibility index (Phi) is 4.29. The second-order valence-electron chi connectivity index (χ2n) is 8.58. The third-order valence-corrected chi connectivity index (χ3v) is 6.35. The summed E-state index contributed by atoms with van der Waals surface area (Å²) in [7, 11) is 0. The van der Waals surface area contributed by atoms with Gasteiger partial charge in [0.25, 0.3) is 6.43 Å². The number of fused-ring (bicyclic) bond motifs is 3. The number of ether oxygens (including phenoxy) is 1. The van der Waals surface area contributed by atoms with E-state index in [1.54, 1.807) is 6.20 Å². The van der Waals surface area contributed by atoms with E-state index in [4.69, 9.17) is 4.74 Å². The van der Waals surface area contributed by atoms with Gasteiger partial charge in [-0.05, 0) is 18.2 Å². The van der Waals surface area contributed by atoms with Crippen molar-refractivity contribution in [1.82, 2.24) is 14.4 Å². The quantitative estimate of drug-likeness (QED) is 0.499. The van der Waals surface area contributed by atoms with Gasteiger partial charge in [0, 0.05) is 48.7 Å². The topological polar surface area (TPSA) is 54.7 Å². The molecular weight excluding hydrogens is 419 g/mol. The van der Waals surface area contributed by atoms with E-state index in [1.165, 1.54) is 12.1 Å². The van der Waals surface area contributed by atoms with Crippen LogP contribution in [0.5, 0.6) is 0 Å². The predicted molar refractivity (Wildman–Crippen MR) is 115 cm³/mol. The van der Waals surface area contributed by atoms with Gasteiger partial charge in [-0.3, -0.25) is 4.40 Å². The lowest BCUT2D eigenvalue weighted by Gasteiger charge is -2.56. The molecule has 32 heavy (non-hydrogen) atoms. The molecule has 0 amide bonds. The fraction of sp³-hybridized carbons (Fsp3) is 0.304. The molecule has 4 aromatic rings. The zero-order chi connectivity index (χ0) is 21.9. The van der Waals surface area contributed by atoms with E-state index in [9.17, 15) is 13.2 Å². The van der Waals surface area contributed by atoms with Gasteiger partial charge in [0.05, 0.1) is 29.7 Å². The number of halogens is 3. The summed E-state index contributed by atoms with van der Waals surface area (Å²) in [5.41, 5.74) is 1.83. The average Bonchev–Trinajstić information content (AvgIpc) is 3.19. The van der Waals surface area contributed by atoms with E-state index in [0.29, 0.717) is 11.6 Å². The largest absolute Gasteiger partial charge is 0.380 e. The fourth-order valence-electron chi connectivity index (χ4n) is 4.58. The lowest BCUT2D eigenvalue weighted by atomic mass is 9.78. The summed E-state index contributed by atoms with van der Waals surface area (Å²) < 4.78 is 47.9. The van der Waals surface area contributed by atoms with Crippen molar-refractivity contribution in [3.05, 3.63) is 65.7 Å². The van der Waals surface area contributed by atoms with Crippen LogP contribution in [0.15, 0.2) is 48.8 Å². The Bertz CT molecular complexity index is 1330. The maximum Gasteiger partial charge on any atom is 0.266 e. The van der Waals surface area contributed by atoms with E-state index in [1.807, 2.05) is 16.7 Å². The highest BCUT2D eigenvalue weighted by molar-refractivity contribution is 5.93. The first kappa shape index (κ1) is 19.4. The molecule has 1 N–H and O–H groups in total. The number of imidazole rings is 1. The highest BCUT2D eigenvalue weighted by Gasteiger charge is 2.49. The molecule has 164 valence electrons. The van der Waals surface area contributed by atoms with Gasteiger partial charge in [-0.1, -0.05) is 18.2 Å². The molecule has 2 saturated heterocycles. The Hall–Kier alpha value is -3.33. The molecule has 6 nitrogen and oxygen atoms in total. The molecule has 2 aromatic carbocycles. The van der Waals surface area contributed by atoms with Gasteiger partial charge in [0.1, 0.15) is 11.6 Å². The van der Waals surface area contributed by atoms with Crippen molar-refractivity contribution in [2.75, 3.05) is 36.5 Å². The molecule has 6 rings (SSSR count). The van der Waals surface area contributed by atoms with Gasteiger partial charge in [0.15, 0.2) is 0 Å². The molecule has 0 radical (unpaired) electrons. The summed E-state index contributed by atoms with van der Waals surface area (Å²) in [6, 6.07) is 10.2. The second-order valence-corrected chi connectivity index (χ2v) is 8.58. The van der Waals surface area contributed by atoms with Crippen molar-refractivity contribution in [3.8, 4) is 0 Å². The van der Waals surface area contributed by atoms with Crippen LogP contribution in [0.3, 0.4) is 0 Å². The number of hydrogen-bond donors (Lipinski definition) is 1. The molecule has 0 unspecified atom stereocenters. The summed E-state index contributed by atoms with van der Waals surface area (Å²) in [5, 5.41) is 4.00. The zero-order valence-electron chi connectivity index (χ0n) is 17.1. The van der Waals surface area contributed by atoms with E-state index >= 15 is 0 Å². The normalized spacial score (nSPS) is 17.2. The number of aromatic nitrogens is 3. The van der Waals surface area contributed by atoms with Gasteiger partial charge in [-0.15, -0.1) is 0 Å². The summed E-state index contributed by atoms with van der Waals surface area (Å²) in [4.78, 5) is 11.2. The van der Waals surface area contributed by atoms with Gasteiger partial charge in [-0.2, -0.15) is 4.98 Å². The Morgan fingerprint density at radius 3 is 2.75 bits per heavy atom. The van der Waals surface area contributed by atoms with E-state index in [-0.39, 0.29) is 17.5 Å². The summed E-state index contributed by atoms with van der Waals surface area (Å²) in [6.07, 6.45) is 0.643. The third kappa shape index (κ3) is 2.99. The predicted octanol–water partition coefficient (Wildman–Crippen LogP) is 4.41. The summed E-state index contributed by atoms with van der Waals surface area (Å²) in [6.45, 7) is 3.55. The minimum absolute atomic E-state index is 0.0275. The first-order valence-corrected chi connectivity index (χ1v) is 10.4. The van der Waals surface area contributed by atoms with E-state index < -0.39 is 17.8 Å². The Morgan fingerprint density at radius 2 is 2.00 bits per heavy atom. The number of hydrogen-bond acceptors (Lipinski definition) is 5. The van der Waals surface area contributed by atoms with Crippen LogP contribution in [0.4, 0.5) is 24.7 Å². The average molecular weight is 439 g/mol. The number of nitrogens with zero attached hydrogens (tertiary/aromatic N) is 4. The highest BCUT2D eigenvalue weighted by Crippen LogP contribution is 2.41. The molecule has 2 aliphatic heterocycles. The SMILES string of the molecule is Fc1c(CNc2nc3nccn3c3ccc(N4CC5(COC5)C4)cc23)cccc1C(F)F. The zero-order valence-corrected chi connectivity index (χ0v) is 17.1. The molecule has 9 heteroatoms. The second kappa shape index (κ2) is 7.09. The van der Waals surface area contributed by atoms with Crippen molar-refractivity contribution < 1.29 is 17.9 Å². The summed E-state index contributed by atoms with van der Waals surface area (Å²) >= 11 is 0. The van der Waals surface area contributed by atoms with Gasteiger partial charge in [0.2, 0.25) is 5.78 Å². The van der Waals surface area contributed by atoms with Crippen molar-refractivity contribution in [1.29, 1.82) is 0 Å². The number of nitrogens with one attached hydrogen (secondary N) is 1. The fourth-order valence-corrected chi connectivity index (χ4v) is 4.58. The third-order valence-electron chi connectivity index (χ3n) is 6.35. The van der Waals surface area contributed by atoms with Crippen LogP contribution in [0.1, 0.15) is 17.6 Å². The number of anilines is 2. The molecule has 2 aromatic heterocycles. The first-order chi connectivity index (χ1) is 15.5. The lowest BCUT2D eigenvalue weighted by Crippen LogP contribution is -2.66. The number of rotatable bonds is 5. The maximum atomic E-state index is 14.5. The number of alkyl halides is 2. The standard InChI is InChI=1S/C23H20F3N5O/c24-19-14(2-1-3-16(19)20(25)26)9-28-21-17-8-15(30-10-23(11-30)12-32-13-23)4-5-18(17)31-7-6-27-22(31)29-21/h1-8,20H,9-13H2,(H,27,28,29). The molecule has 1 spiro atoms. The minimum atomic E-state index is -2.86. The van der Waals surface area contributed by atoms with Crippen LogP contribution >= 0.6 is 0 Å². The minimum Gasteiger partial charge on any atom is -0.380 e. The smallest absolute Gasteiger partial charge is 0.266 e. The van der Waals surface area contributed by atoms with Crippen LogP contribution in [0.25, 0.3) is 16.7 Å². The van der Waals surface area contributed by atoms with Crippen LogP contribution < -0.4 is 10.2 Å². The van der Waals surface area contributed by atoms with Gasteiger partial charge in [-0.25, -0.2) is 18.2 Å². The van der Waals surface area contributed by atoms with Crippen LogP contribution in [-0.2, 0) is 11.3 Å². The van der Waals surface area contributed by atoms with Gasteiger partial charge >= 0.3 is 0 Å². The summed E-state index contributed by atoms with van der Waals surface area (Å²) in [5.74, 6) is 0.143. The van der Waals surface area contributed by atoms with E-state index in [0.717, 1.165) is 49.0 Å². The van der Waals surface area contributed by atoms with Crippen LogP contribution in [0, 0.1) is 11.2 Å². The Labute approximate surface area is 181 Å². The molecule has 0 aliphatic carbocycles. The molecule has 0 atom stereocenters. The molecule has 0 saturated carbocycles. The van der Waals surface area contributed by atoms with Crippen LogP contribution in [-0.4, -0.2) is 40.7 Å². The monoisotopic (exact) mass is 439 g/mol. The lowest BCUT2D eigenvalue weighted by molar-refractivity contribution is -0.127. The van der Waals surface area contributed by atoms with Gasteiger partial charge < -0.3 is 15.0 Å². The van der Waals surface area contributed by atoms with Crippen molar-refractivity contribution >= 4 is 28.2 Å². The molecule has 0 bridgehead atoms. The molecule has 2 fully saturated rings. The van der Waals surface area contributed by atoms with Crippen molar-refractivity contribution in [3.63, 3.8) is 0 Å². The van der Waals surface area contributed by atoms with E-state index in [2.05, 4.69) is 32.3 Å². The molecule has 4 heterocycles. The first-order valence-electron chi connectivity index (χ1n) is 10.4. The van der Waals surface area contributed by atoms with Crippen LogP contribution in [0.2, 0.25) is 0 Å². The van der Waals surface area contributed by atoms with Crippen molar-refractivity contribution in [2.45, 2.75) is 13.0 Å². The Balaban J connectivity index is 1.36. The highest BCUT2D eigenvalue weighted by atomic mass is 19.3. The molecular formula is C23H20F3N5O. The molecule has 2 aliphatic rings. The number of benzene rings is 2. The Morgan fingerprint density at radius 1 is 1.16 bits per heavy atom. The van der Waals surface area contributed by atoms with Crippen molar-refractivity contribution in [2.24, 2.45) is 5.41 Å².